The molecule has 0 aromatic carbocycles. The van der Waals surface area contributed by atoms with Gasteiger partial charge in [-0.3, -0.25) is 0 Å². The zero-order chi connectivity index (χ0) is 10.0. The molecule has 0 saturated heterocycles. The second-order valence-electron chi connectivity index (χ2n) is 3.71. The smallest absolute Gasteiger partial charge is 0.0942 e. The van der Waals surface area contributed by atoms with Crippen molar-refractivity contribution in [3.05, 3.63) is 15.6 Å². The maximum absolute atomic E-state index is 4.52. The highest BCUT2D eigenvalue weighted by atomic mass is 79.9. The van der Waals surface area contributed by atoms with Gasteiger partial charge < -0.3 is 0 Å². The van der Waals surface area contributed by atoms with Gasteiger partial charge in [0.05, 0.1) is 10.7 Å². The molecule has 1 atom stereocenters. The number of aryl methyl sites for hydroxylation is 2. The van der Waals surface area contributed by atoms with Crippen LogP contribution in [-0.2, 0) is 6.42 Å². The number of hydrogen-bond acceptors (Lipinski definition) is 2. The number of hydrogen-bond donors (Lipinski definition) is 0. The number of alkyl halides is 1. The van der Waals surface area contributed by atoms with Crippen LogP contribution >= 0.6 is 27.3 Å². The Hall–Kier alpha value is 0.110. The van der Waals surface area contributed by atoms with Crippen LogP contribution in [0, 0.1) is 19.8 Å². The van der Waals surface area contributed by atoms with Crippen molar-refractivity contribution in [1.82, 2.24) is 4.98 Å². The second-order valence-corrected chi connectivity index (χ2v) is 6.18. The summed E-state index contributed by atoms with van der Waals surface area (Å²) in [5.41, 5.74) is 1.18. The van der Waals surface area contributed by atoms with Gasteiger partial charge in [-0.15, -0.1) is 11.3 Å². The van der Waals surface area contributed by atoms with E-state index in [0.29, 0.717) is 10.7 Å². The van der Waals surface area contributed by atoms with Crippen molar-refractivity contribution >= 4 is 27.3 Å². The third-order valence-electron chi connectivity index (χ3n) is 2.17. The molecule has 13 heavy (non-hydrogen) atoms. The molecule has 0 aliphatic heterocycles. The van der Waals surface area contributed by atoms with Crippen molar-refractivity contribution in [2.45, 2.75) is 38.9 Å². The predicted octanol–water partition coefficient (Wildman–Crippen LogP) is 3.72. The van der Waals surface area contributed by atoms with E-state index in [-0.39, 0.29) is 0 Å². The average Bonchev–Trinajstić information content (AvgIpc) is 2.31. The molecule has 1 heterocycles. The molecule has 74 valence electrons. The Bertz CT molecular complexity index is 261. The molecule has 0 N–H and O–H groups in total. The topological polar surface area (TPSA) is 12.9 Å². The molecule has 0 aliphatic rings. The zero-order valence-corrected chi connectivity index (χ0v) is 11.0. The summed E-state index contributed by atoms with van der Waals surface area (Å²) in [6, 6.07) is 0. The highest BCUT2D eigenvalue weighted by Gasteiger charge is 2.12. The number of halogens is 1. The van der Waals surface area contributed by atoms with E-state index < -0.39 is 0 Å². The van der Waals surface area contributed by atoms with E-state index in [9.17, 15) is 0 Å². The summed E-state index contributed by atoms with van der Waals surface area (Å²) in [6.45, 7) is 8.67. The van der Waals surface area contributed by atoms with Crippen LogP contribution in [0.25, 0.3) is 0 Å². The summed E-state index contributed by atoms with van der Waals surface area (Å²) in [7, 11) is 0. The van der Waals surface area contributed by atoms with Crippen molar-refractivity contribution in [1.29, 1.82) is 0 Å². The normalized spacial score (nSPS) is 13.7. The Morgan fingerprint density at radius 2 is 2.00 bits per heavy atom. The van der Waals surface area contributed by atoms with Crippen LogP contribution in [0.5, 0.6) is 0 Å². The largest absolute Gasteiger partial charge is 0.246 e. The SMILES string of the molecule is Cc1nc(CC(Br)C(C)C)sc1C. The Balaban J connectivity index is 2.64. The van der Waals surface area contributed by atoms with Gasteiger partial charge in [-0.25, -0.2) is 4.98 Å². The maximum atomic E-state index is 4.52. The number of nitrogens with zero attached hydrogens (tertiary/aromatic N) is 1. The standard InChI is InChI=1S/C10H16BrNS/c1-6(2)9(11)5-10-12-7(3)8(4)13-10/h6,9H,5H2,1-4H3. The summed E-state index contributed by atoms with van der Waals surface area (Å²) in [6.07, 6.45) is 1.05. The highest BCUT2D eigenvalue weighted by molar-refractivity contribution is 9.09. The first-order chi connectivity index (χ1) is 6.00. The number of thiazole rings is 1. The summed E-state index contributed by atoms with van der Waals surface area (Å²) in [5.74, 6) is 0.671. The molecule has 0 saturated carbocycles. The van der Waals surface area contributed by atoms with E-state index in [4.69, 9.17) is 0 Å². The number of rotatable bonds is 3. The van der Waals surface area contributed by atoms with E-state index in [0.717, 1.165) is 6.42 Å². The summed E-state index contributed by atoms with van der Waals surface area (Å²) >= 11 is 5.50. The Morgan fingerprint density at radius 1 is 1.38 bits per heavy atom. The van der Waals surface area contributed by atoms with Gasteiger partial charge in [0, 0.05) is 16.1 Å². The third-order valence-corrected chi connectivity index (χ3v) is 4.64. The van der Waals surface area contributed by atoms with Crippen LogP contribution in [0.15, 0.2) is 0 Å². The molecular weight excluding hydrogens is 246 g/mol. The van der Waals surface area contributed by atoms with Crippen LogP contribution < -0.4 is 0 Å². The molecule has 1 unspecified atom stereocenters. The fraction of sp³-hybridized carbons (Fsp3) is 0.700. The summed E-state index contributed by atoms with van der Waals surface area (Å²) in [4.78, 5) is 6.42. The molecule has 3 heteroatoms. The fourth-order valence-corrected chi connectivity index (χ4v) is 2.54. The van der Waals surface area contributed by atoms with E-state index in [1.165, 1.54) is 15.6 Å². The van der Waals surface area contributed by atoms with Gasteiger partial charge in [0.25, 0.3) is 0 Å². The zero-order valence-electron chi connectivity index (χ0n) is 8.60. The lowest BCUT2D eigenvalue weighted by Gasteiger charge is -2.10. The fourth-order valence-electron chi connectivity index (χ4n) is 1.03. The quantitative estimate of drug-likeness (QED) is 0.756. The highest BCUT2D eigenvalue weighted by Crippen LogP contribution is 2.22. The average molecular weight is 262 g/mol. The molecule has 0 amide bonds. The third kappa shape index (κ3) is 3.06. The molecule has 0 aliphatic carbocycles. The molecule has 1 rings (SSSR count). The van der Waals surface area contributed by atoms with Crippen molar-refractivity contribution in [3.63, 3.8) is 0 Å². The van der Waals surface area contributed by atoms with E-state index in [2.05, 4.69) is 48.6 Å². The minimum Gasteiger partial charge on any atom is -0.246 e. The van der Waals surface area contributed by atoms with Gasteiger partial charge in [-0.1, -0.05) is 29.8 Å². The van der Waals surface area contributed by atoms with E-state index >= 15 is 0 Å². The van der Waals surface area contributed by atoms with Crippen molar-refractivity contribution in [2.75, 3.05) is 0 Å². The monoisotopic (exact) mass is 261 g/mol. The first-order valence-corrected chi connectivity index (χ1v) is 6.31. The molecule has 1 aromatic rings. The summed E-state index contributed by atoms with van der Waals surface area (Å²) in [5, 5.41) is 1.26. The van der Waals surface area contributed by atoms with Gasteiger partial charge in [-0.05, 0) is 19.8 Å². The van der Waals surface area contributed by atoms with E-state index in [1.54, 1.807) is 0 Å². The second kappa shape index (κ2) is 4.56. The minimum atomic E-state index is 0.553. The van der Waals surface area contributed by atoms with Crippen LogP contribution in [0.3, 0.4) is 0 Å². The molecule has 1 nitrogen and oxygen atoms in total. The van der Waals surface area contributed by atoms with Gasteiger partial charge in [0.2, 0.25) is 0 Å². The van der Waals surface area contributed by atoms with Gasteiger partial charge in [0.15, 0.2) is 0 Å². The van der Waals surface area contributed by atoms with Gasteiger partial charge in [0.1, 0.15) is 0 Å². The van der Waals surface area contributed by atoms with Crippen LogP contribution in [0.2, 0.25) is 0 Å². The number of aromatic nitrogens is 1. The van der Waals surface area contributed by atoms with Gasteiger partial charge in [-0.2, -0.15) is 0 Å². The van der Waals surface area contributed by atoms with Crippen molar-refractivity contribution in [2.24, 2.45) is 5.92 Å². The van der Waals surface area contributed by atoms with Gasteiger partial charge >= 0.3 is 0 Å². The Kier molecular flexibility index (Phi) is 3.92. The predicted molar refractivity (Wildman–Crippen MR) is 62.8 cm³/mol. The first-order valence-electron chi connectivity index (χ1n) is 4.57. The lowest BCUT2D eigenvalue weighted by Crippen LogP contribution is -2.10. The maximum Gasteiger partial charge on any atom is 0.0942 e. The van der Waals surface area contributed by atoms with Crippen LogP contribution in [0.1, 0.15) is 29.4 Å². The Labute approximate surface area is 92.7 Å². The lowest BCUT2D eigenvalue weighted by atomic mass is 10.1. The van der Waals surface area contributed by atoms with Crippen molar-refractivity contribution in [3.8, 4) is 0 Å². The first kappa shape index (κ1) is 11.2. The molecule has 0 radical (unpaired) electrons. The van der Waals surface area contributed by atoms with Crippen LogP contribution in [-0.4, -0.2) is 9.81 Å². The van der Waals surface area contributed by atoms with Crippen LogP contribution in [0.4, 0.5) is 0 Å². The van der Waals surface area contributed by atoms with E-state index in [1.807, 2.05) is 11.3 Å². The molecular formula is C10H16BrNS. The van der Waals surface area contributed by atoms with Crippen molar-refractivity contribution < 1.29 is 0 Å². The Morgan fingerprint density at radius 3 is 2.38 bits per heavy atom. The molecule has 1 aromatic heterocycles. The minimum absolute atomic E-state index is 0.553. The summed E-state index contributed by atoms with van der Waals surface area (Å²) < 4.78 is 0. The molecule has 0 fully saturated rings. The molecule has 0 bridgehead atoms. The lowest BCUT2D eigenvalue weighted by molar-refractivity contribution is 0.611. The molecule has 0 spiro atoms.